The fourth-order valence-corrected chi connectivity index (χ4v) is 3.46. The Labute approximate surface area is 189 Å². The minimum atomic E-state index is -0.569. The summed E-state index contributed by atoms with van der Waals surface area (Å²) in [6.07, 6.45) is 0. The Balaban J connectivity index is 1.68. The quantitative estimate of drug-likeness (QED) is 0.352. The molecule has 0 aliphatic heterocycles. The van der Waals surface area contributed by atoms with Crippen molar-refractivity contribution >= 4 is 22.4 Å². The van der Waals surface area contributed by atoms with E-state index < -0.39 is 5.91 Å². The number of fused-ring (bicyclic) bond motifs is 1. The third-order valence-corrected chi connectivity index (χ3v) is 5.18. The molecule has 8 nitrogen and oxygen atoms in total. The molecule has 0 bridgehead atoms. The molecule has 166 valence electrons. The first-order chi connectivity index (χ1) is 16.0. The second-order valence-electron chi connectivity index (χ2n) is 7.36. The minimum Gasteiger partial charge on any atom is -0.507 e. The molecule has 0 spiro atoms. The van der Waals surface area contributed by atoms with E-state index in [-0.39, 0.29) is 23.5 Å². The molecule has 0 radical (unpaired) electrons. The predicted molar refractivity (Wildman–Crippen MR) is 126 cm³/mol. The van der Waals surface area contributed by atoms with Crippen LogP contribution >= 0.6 is 0 Å². The summed E-state index contributed by atoms with van der Waals surface area (Å²) in [5, 5.41) is 19.5. The van der Waals surface area contributed by atoms with Crippen LogP contribution in [0.3, 0.4) is 0 Å². The zero-order valence-corrected chi connectivity index (χ0v) is 18.1. The van der Waals surface area contributed by atoms with Crippen LogP contribution in [-0.4, -0.2) is 33.6 Å². The second-order valence-corrected chi connectivity index (χ2v) is 7.36. The highest BCUT2D eigenvalue weighted by Gasteiger charge is 2.17. The molecular formula is C25H22N4O4. The molecule has 2 N–H and O–H groups in total. The lowest BCUT2D eigenvalue weighted by Crippen LogP contribution is -2.29. The zero-order chi connectivity index (χ0) is 23.4. The van der Waals surface area contributed by atoms with Crippen molar-refractivity contribution in [2.24, 2.45) is 5.10 Å². The fourth-order valence-electron chi connectivity index (χ4n) is 3.46. The van der Waals surface area contributed by atoms with Crippen molar-refractivity contribution in [3.05, 3.63) is 100.0 Å². The van der Waals surface area contributed by atoms with Crippen LogP contribution in [0.5, 0.6) is 11.5 Å². The third-order valence-electron chi connectivity index (χ3n) is 5.18. The van der Waals surface area contributed by atoms with Crippen LogP contribution in [0.4, 0.5) is 0 Å². The summed E-state index contributed by atoms with van der Waals surface area (Å²) in [5.41, 5.74) is 4.01. The molecule has 0 atom stereocenters. The zero-order valence-electron chi connectivity index (χ0n) is 18.1. The van der Waals surface area contributed by atoms with E-state index in [0.717, 1.165) is 5.56 Å². The largest absolute Gasteiger partial charge is 0.507 e. The topological polar surface area (TPSA) is 106 Å². The number of carbonyl (C=O) groups is 1. The average molecular weight is 442 g/mol. The van der Waals surface area contributed by atoms with Crippen LogP contribution in [0.15, 0.2) is 82.7 Å². The number of hydrogen-bond acceptors (Lipinski definition) is 6. The average Bonchev–Trinajstić information content (AvgIpc) is 2.84. The Morgan fingerprint density at radius 3 is 2.45 bits per heavy atom. The maximum absolute atomic E-state index is 13.0. The van der Waals surface area contributed by atoms with Gasteiger partial charge in [-0.05, 0) is 30.7 Å². The highest BCUT2D eigenvalue weighted by atomic mass is 16.5. The number of ether oxygens (including phenoxy) is 1. The van der Waals surface area contributed by atoms with Crippen molar-refractivity contribution < 1.29 is 14.6 Å². The Morgan fingerprint density at radius 2 is 1.76 bits per heavy atom. The van der Waals surface area contributed by atoms with E-state index >= 15 is 0 Å². The van der Waals surface area contributed by atoms with Gasteiger partial charge >= 0.3 is 0 Å². The van der Waals surface area contributed by atoms with Gasteiger partial charge in [-0.2, -0.15) is 10.2 Å². The van der Waals surface area contributed by atoms with Crippen LogP contribution in [0.2, 0.25) is 0 Å². The molecule has 1 amide bonds. The van der Waals surface area contributed by atoms with E-state index in [1.54, 1.807) is 43.3 Å². The van der Waals surface area contributed by atoms with Crippen molar-refractivity contribution in [1.82, 2.24) is 15.2 Å². The number of hydrazone groups is 1. The number of hydrogen-bond donors (Lipinski definition) is 2. The standard InChI is InChI=1S/C25H22N4O4/c1-16(19-13-12-18(33-2)14-22(19)30)26-27-24(31)23-20-10-6-7-11-21(20)25(32)29(28-23)15-17-8-4-3-5-9-17/h3-14,30H,15H2,1-2H3,(H,27,31). The summed E-state index contributed by atoms with van der Waals surface area (Å²) in [7, 11) is 1.50. The first-order valence-corrected chi connectivity index (χ1v) is 10.2. The highest BCUT2D eigenvalue weighted by Crippen LogP contribution is 2.24. The molecular weight excluding hydrogens is 420 g/mol. The number of carbonyl (C=O) groups excluding carboxylic acids is 1. The maximum Gasteiger partial charge on any atom is 0.292 e. The van der Waals surface area contributed by atoms with E-state index in [1.807, 2.05) is 30.3 Å². The van der Waals surface area contributed by atoms with Crippen molar-refractivity contribution in [2.75, 3.05) is 7.11 Å². The molecule has 33 heavy (non-hydrogen) atoms. The molecule has 0 aliphatic carbocycles. The molecule has 0 aliphatic rings. The molecule has 4 rings (SSSR count). The smallest absolute Gasteiger partial charge is 0.292 e. The summed E-state index contributed by atoms with van der Waals surface area (Å²) in [4.78, 5) is 26.0. The third kappa shape index (κ3) is 4.59. The lowest BCUT2D eigenvalue weighted by atomic mass is 10.1. The number of benzene rings is 3. The first kappa shape index (κ1) is 21.8. The van der Waals surface area contributed by atoms with Crippen molar-refractivity contribution in [2.45, 2.75) is 13.5 Å². The molecule has 0 unspecified atom stereocenters. The van der Waals surface area contributed by atoms with Gasteiger partial charge in [0, 0.05) is 17.0 Å². The monoisotopic (exact) mass is 442 g/mol. The molecule has 1 aromatic heterocycles. The molecule has 4 aromatic rings. The van der Waals surface area contributed by atoms with Crippen LogP contribution in [-0.2, 0) is 6.54 Å². The normalized spacial score (nSPS) is 11.4. The van der Waals surface area contributed by atoms with E-state index in [0.29, 0.717) is 27.8 Å². The number of phenolic OH excluding ortho intramolecular Hbond substituents is 1. The number of aromatic nitrogens is 2. The highest BCUT2D eigenvalue weighted by molar-refractivity contribution is 6.06. The molecule has 3 aromatic carbocycles. The lowest BCUT2D eigenvalue weighted by molar-refractivity contribution is 0.0949. The minimum absolute atomic E-state index is 0.0233. The Hall–Kier alpha value is -4.46. The Morgan fingerprint density at radius 1 is 1.06 bits per heavy atom. The molecule has 0 saturated heterocycles. The van der Waals surface area contributed by atoms with Crippen molar-refractivity contribution in [3.8, 4) is 11.5 Å². The van der Waals surface area contributed by atoms with Crippen LogP contribution < -0.4 is 15.7 Å². The van der Waals surface area contributed by atoms with Gasteiger partial charge < -0.3 is 9.84 Å². The molecule has 0 fully saturated rings. The van der Waals surface area contributed by atoms with E-state index in [1.165, 1.54) is 17.9 Å². The number of nitrogens with zero attached hydrogens (tertiary/aromatic N) is 3. The van der Waals surface area contributed by atoms with Crippen LogP contribution in [0, 0.1) is 0 Å². The van der Waals surface area contributed by atoms with E-state index in [2.05, 4.69) is 15.6 Å². The van der Waals surface area contributed by atoms with Crippen molar-refractivity contribution in [3.63, 3.8) is 0 Å². The number of methoxy groups -OCH3 is 1. The lowest BCUT2D eigenvalue weighted by Gasteiger charge is -2.11. The number of amides is 1. The fraction of sp³-hybridized carbons (Fsp3) is 0.120. The summed E-state index contributed by atoms with van der Waals surface area (Å²) in [6.45, 7) is 1.89. The number of nitrogens with one attached hydrogen (secondary N) is 1. The summed E-state index contributed by atoms with van der Waals surface area (Å²) < 4.78 is 6.36. The van der Waals surface area contributed by atoms with Gasteiger partial charge in [0.25, 0.3) is 11.5 Å². The van der Waals surface area contributed by atoms with Crippen LogP contribution in [0.25, 0.3) is 10.8 Å². The van der Waals surface area contributed by atoms with Gasteiger partial charge in [-0.15, -0.1) is 0 Å². The first-order valence-electron chi connectivity index (χ1n) is 10.2. The molecule has 1 heterocycles. The van der Waals surface area contributed by atoms with Gasteiger partial charge in [0.1, 0.15) is 11.5 Å². The van der Waals surface area contributed by atoms with Crippen LogP contribution in [0.1, 0.15) is 28.5 Å². The van der Waals surface area contributed by atoms with E-state index in [4.69, 9.17) is 4.74 Å². The predicted octanol–water partition coefficient (Wildman–Crippen LogP) is 3.31. The van der Waals surface area contributed by atoms with Gasteiger partial charge in [-0.3, -0.25) is 9.59 Å². The number of rotatable bonds is 6. The molecule has 8 heteroatoms. The SMILES string of the molecule is COc1ccc(C(C)=NNC(=O)c2nn(Cc3ccccc3)c(=O)c3ccccc23)c(O)c1. The second kappa shape index (κ2) is 9.35. The summed E-state index contributed by atoms with van der Waals surface area (Å²) >= 11 is 0. The number of phenols is 1. The van der Waals surface area contributed by atoms with E-state index in [9.17, 15) is 14.7 Å². The van der Waals surface area contributed by atoms with Crippen molar-refractivity contribution in [1.29, 1.82) is 0 Å². The van der Waals surface area contributed by atoms with Gasteiger partial charge in [0.05, 0.1) is 24.8 Å². The van der Waals surface area contributed by atoms with Gasteiger partial charge in [0.2, 0.25) is 0 Å². The summed E-state index contributed by atoms with van der Waals surface area (Å²) in [6, 6.07) is 21.0. The maximum atomic E-state index is 13.0. The Kier molecular flexibility index (Phi) is 6.17. The Bertz CT molecular complexity index is 1410. The van der Waals surface area contributed by atoms with Gasteiger partial charge in [0.15, 0.2) is 5.69 Å². The van der Waals surface area contributed by atoms with Gasteiger partial charge in [-0.25, -0.2) is 10.1 Å². The van der Waals surface area contributed by atoms with Gasteiger partial charge in [-0.1, -0.05) is 48.5 Å². The molecule has 0 saturated carbocycles. The number of aromatic hydroxyl groups is 1. The summed E-state index contributed by atoms with van der Waals surface area (Å²) in [5.74, 6) is -0.0883.